The van der Waals surface area contributed by atoms with Crippen LogP contribution in [0, 0.1) is 11.3 Å². The number of nitriles is 1. The molecule has 0 fully saturated rings. The van der Waals surface area contributed by atoms with Crippen LogP contribution in [0.5, 0.6) is 0 Å². The van der Waals surface area contributed by atoms with E-state index in [1.54, 1.807) is 20.1 Å². The molecule has 0 radical (unpaired) electrons. The first kappa shape index (κ1) is 16.0. The van der Waals surface area contributed by atoms with Gasteiger partial charge in [0.15, 0.2) is 0 Å². The fraction of sp³-hybridized carbons (Fsp3) is 0.875. The van der Waals surface area contributed by atoms with Gasteiger partial charge in [0.1, 0.15) is 0 Å². The number of hydrogen-bond donors (Lipinski definition) is 0. The van der Waals surface area contributed by atoms with Gasteiger partial charge in [-0.2, -0.15) is 5.26 Å². The Morgan fingerprint density at radius 3 is 1.07 bits per heavy atom. The third-order valence-electron chi connectivity index (χ3n) is 1.56. The summed E-state index contributed by atoms with van der Waals surface area (Å²) in [5.74, 6) is 0. The molecule has 0 heterocycles. The van der Waals surface area contributed by atoms with Gasteiger partial charge in [-0.1, -0.05) is 0 Å². The fourth-order valence-corrected chi connectivity index (χ4v) is 3.22. The molecular weight excluding hydrogens is 199 g/mol. The van der Waals surface area contributed by atoms with E-state index in [2.05, 4.69) is 0 Å². The van der Waals surface area contributed by atoms with Gasteiger partial charge >= 0.3 is 0 Å². The Morgan fingerprint density at radius 2 is 1.07 bits per heavy atom. The second-order valence-corrected chi connectivity index (χ2v) is 6.71. The molecule has 84 valence electrons. The van der Waals surface area contributed by atoms with Crippen molar-refractivity contribution in [2.75, 3.05) is 42.3 Å². The molecule has 6 heteroatoms. The summed E-state index contributed by atoms with van der Waals surface area (Å²) in [7, 11) is 8.49. The van der Waals surface area contributed by atoms with Gasteiger partial charge in [0.2, 0.25) is 0 Å². The van der Waals surface area contributed by atoms with Crippen LogP contribution in [-0.2, 0) is 4.57 Å². The lowest BCUT2D eigenvalue weighted by atomic mass is 11.0. The average Bonchev–Trinajstić information content (AvgIpc) is 2.03. The molecular formula is C8H21N4OP. The van der Waals surface area contributed by atoms with Crippen LogP contribution in [0.15, 0.2) is 0 Å². The van der Waals surface area contributed by atoms with Crippen LogP contribution in [0.1, 0.15) is 6.92 Å². The largest absolute Gasteiger partial charge is 0.285 e. The van der Waals surface area contributed by atoms with Gasteiger partial charge in [0.25, 0.3) is 7.59 Å². The van der Waals surface area contributed by atoms with E-state index in [-0.39, 0.29) is 0 Å². The van der Waals surface area contributed by atoms with Crippen LogP contribution in [0.3, 0.4) is 0 Å². The van der Waals surface area contributed by atoms with Gasteiger partial charge in [-0.25, -0.2) is 14.0 Å². The van der Waals surface area contributed by atoms with Gasteiger partial charge in [0.05, 0.1) is 6.07 Å². The molecule has 0 aromatic carbocycles. The van der Waals surface area contributed by atoms with Crippen molar-refractivity contribution in [1.82, 2.24) is 14.0 Å². The molecule has 0 unspecified atom stereocenters. The minimum absolute atomic E-state index is 1.43. The lowest BCUT2D eigenvalue weighted by Crippen LogP contribution is -2.30. The zero-order valence-electron chi connectivity index (χ0n) is 10.1. The minimum atomic E-state index is -2.44. The van der Waals surface area contributed by atoms with E-state index in [0.717, 1.165) is 0 Å². The van der Waals surface area contributed by atoms with Crippen molar-refractivity contribution in [2.45, 2.75) is 6.92 Å². The van der Waals surface area contributed by atoms with E-state index in [1.165, 1.54) is 6.92 Å². The standard InChI is InChI=1S/C6H18N3OP.C2H3N/c1-7(2)11(10,8(3)4)9(5)6;1-2-3/h1-6H3;1H3. The Morgan fingerprint density at radius 1 is 0.929 bits per heavy atom. The van der Waals surface area contributed by atoms with Crippen LogP contribution in [0.4, 0.5) is 0 Å². The molecule has 0 N–H and O–H groups in total. The van der Waals surface area contributed by atoms with Crippen molar-refractivity contribution in [3.8, 4) is 6.07 Å². The second kappa shape index (κ2) is 6.97. The van der Waals surface area contributed by atoms with Crippen LogP contribution in [-0.4, -0.2) is 56.3 Å². The summed E-state index contributed by atoms with van der Waals surface area (Å²) in [5.41, 5.74) is 0. The van der Waals surface area contributed by atoms with Crippen LogP contribution >= 0.6 is 7.59 Å². The molecule has 0 aliphatic rings. The number of rotatable bonds is 3. The van der Waals surface area contributed by atoms with E-state index >= 15 is 0 Å². The van der Waals surface area contributed by atoms with Gasteiger partial charge in [-0.05, 0) is 42.3 Å². The summed E-state index contributed by atoms with van der Waals surface area (Å²) in [6, 6.07) is 1.75. The van der Waals surface area contributed by atoms with E-state index in [0.29, 0.717) is 0 Å². The summed E-state index contributed by atoms with van der Waals surface area (Å²) >= 11 is 0. The summed E-state index contributed by atoms with van der Waals surface area (Å²) in [6.07, 6.45) is 0. The minimum Gasteiger partial charge on any atom is -0.270 e. The van der Waals surface area contributed by atoms with Gasteiger partial charge < -0.3 is 0 Å². The van der Waals surface area contributed by atoms with Gasteiger partial charge in [0, 0.05) is 6.92 Å². The molecule has 0 rings (SSSR count). The molecule has 14 heavy (non-hydrogen) atoms. The predicted molar refractivity (Wildman–Crippen MR) is 60.0 cm³/mol. The van der Waals surface area contributed by atoms with Gasteiger partial charge in [-0.15, -0.1) is 0 Å². The Bertz CT molecular complexity index is 203. The fourth-order valence-electron chi connectivity index (χ4n) is 1.07. The molecule has 0 aromatic rings. The van der Waals surface area contributed by atoms with Crippen molar-refractivity contribution < 1.29 is 4.57 Å². The molecule has 0 saturated heterocycles. The molecule has 0 saturated carbocycles. The van der Waals surface area contributed by atoms with Crippen molar-refractivity contribution in [1.29, 1.82) is 5.26 Å². The molecule has 0 aliphatic carbocycles. The smallest absolute Gasteiger partial charge is 0.270 e. The first-order chi connectivity index (χ1) is 6.24. The highest BCUT2D eigenvalue weighted by atomic mass is 31.2. The van der Waals surface area contributed by atoms with E-state index < -0.39 is 7.59 Å². The maximum atomic E-state index is 12.1. The SMILES string of the molecule is CC#N.CN(C)P(=O)(N(C)C)N(C)C. The maximum Gasteiger partial charge on any atom is 0.285 e. The highest BCUT2D eigenvalue weighted by Crippen LogP contribution is 2.50. The number of nitrogens with zero attached hydrogens (tertiary/aromatic N) is 4. The van der Waals surface area contributed by atoms with Crippen molar-refractivity contribution in [3.05, 3.63) is 0 Å². The van der Waals surface area contributed by atoms with E-state index in [9.17, 15) is 4.57 Å². The Hall–Kier alpha value is -0.400. The molecule has 0 spiro atoms. The van der Waals surface area contributed by atoms with E-state index in [1.807, 2.05) is 42.3 Å². The maximum absolute atomic E-state index is 12.1. The quantitative estimate of drug-likeness (QED) is 0.671. The topological polar surface area (TPSA) is 50.6 Å². The molecule has 0 aromatic heterocycles. The predicted octanol–water partition coefficient (Wildman–Crippen LogP) is 1.31. The molecule has 0 atom stereocenters. The Kier molecular flexibility index (Phi) is 7.98. The Labute approximate surface area is 87.4 Å². The third-order valence-corrected chi connectivity index (χ3v) is 4.69. The summed E-state index contributed by atoms with van der Waals surface area (Å²) in [4.78, 5) is 0. The lowest BCUT2D eigenvalue weighted by molar-refractivity contribution is 0.383. The van der Waals surface area contributed by atoms with Crippen molar-refractivity contribution in [2.24, 2.45) is 0 Å². The van der Waals surface area contributed by atoms with Crippen LogP contribution in [0.2, 0.25) is 0 Å². The Balaban J connectivity index is 0. The average molecular weight is 220 g/mol. The summed E-state index contributed by atoms with van der Waals surface area (Å²) in [5, 5.41) is 7.32. The highest BCUT2D eigenvalue weighted by Gasteiger charge is 2.30. The van der Waals surface area contributed by atoms with Crippen molar-refractivity contribution in [3.63, 3.8) is 0 Å². The second-order valence-electron chi connectivity index (χ2n) is 3.28. The van der Waals surface area contributed by atoms with Gasteiger partial charge in [-0.3, -0.25) is 4.57 Å². The summed E-state index contributed by atoms with van der Waals surface area (Å²) < 4.78 is 17.3. The van der Waals surface area contributed by atoms with E-state index in [4.69, 9.17) is 5.26 Å². The third kappa shape index (κ3) is 4.21. The molecule has 5 nitrogen and oxygen atoms in total. The molecule has 0 aliphatic heterocycles. The monoisotopic (exact) mass is 220 g/mol. The zero-order valence-corrected chi connectivity index (χ0v) is 11.0. The number of hydrogen-bond acceptors (Lipinski definition) is 2. The summed E-state index contributed by atoms with van der Waals surface area (Å²) in [6.45, 7) is 1.43. The lowest BCUT2D eigenvalue weighted by Gasteiger charge is -2.34. The van der Waals surface area contributed by atoms with Crippen LogP contribution in [0.25, 0.3) is 0 Å². The molecule has 0 amide bonds. The highest BCUT2D eigenvalue weighted by molar-refractivity contribution is 7.56. The van der Waals surface area contributed by atoms with Crippen molar-refractivity contribution >= 4 is 7.59 Å². The first-order valence-corrected chi connectivity index (χ1v) is 5.75. The normalized spacial score (nSPS) is 11.2. The first-order valence-electron chi connectivity index (χ1n) is 4.19. The van der Waals surface area contributed by atoms with Crippen LogP contribution < -0.4 is 0 Å². The molecule has 0 bridgehead atoms. The zero-order chi connectivity index (χ0) is 11.9.